The molecule has 0 bridgehead atoms. The number of carbonyl (C=O) groups excluding carboxylic acids is 1. The molecule has 114 valence electrons. The number of ether oxygens (including phenoxy) is 1. The van der Waals surface area contributed by atoms with Gasteiger partial charge in [-0.3, -0.25) is 4.79 Å². The summed E-state index contributed by atoms with van der Waals surface area (Å²) in [5.41, 5.74) is 1.82. The zero-order valence-electron chi connectivity index (χ0n) is 12.7. The monoisotopic (exact) mass is 296 g/mol. The number of amides is 1. The molecule has 0 N–H and O–H groups in total. The lowest BCUT2D eigenvalue weighted by Crippen LogP contribution is -2.30. The minimum atomic E-state index is 0.0944. The van der Waals surface area contributed by atoms with Crippen molar-refractivity contribution in [2.24, 2.45) is 0 Å². The number of likely N-dealkylation sites (tertiary alicyclic amines) is 1. The fourth-order valence-corrected chi connectivity index (χ4v) is 2.93. The standard InChI is InChI=1S/C18H20N2O2/c1-2-22-17-11-10-15(13-19-17)16-9-6-12-20(16)18(21)14-7-4-3-5-8-14/h3-5,7-8,10-11,13,16H,2,6,9,12H2,1H3/t16-/m1/s1. The van der Waals surface area contributed by atoms with Gasteiger partial charge >= 0.3 is 0 Å². The van der Waals surface area contributed by atoms with E-state index in [1.807, 2.05) is 60.5 Å². The van der Waals surface area contributed by atoms with Gasteiger partial charge in [0.05, 0.1) is 12.6 Å². The van der Waals surface area contributed by atoms with Gasteiger partial charge in [-0.05, 0) is 37.5 Å². The number of nitrogens with zero attached hydrogens (tertiary/aromatic N) is 2. The van der Waals surface area contributed by atoms with Gasteiger partial charge in [0.25, 0.3) is 5.91 Å². The van der Waals surface area contributed by atoms with Crippen LogP contribution in [0.15, 0.2) is 48.7 Å². The summed E-state index contributed by atoms with van der Waals surface area (Å²) in [7, 11) is 0. The minimum Gasteiger partial charge on any atom is -0.478 e. The molecule has 1 saturated heterocycles. The number of hydrogen-bond donors (Lipinski definition) is 0. The van der Waals surface area contributed by atoms with Crippen LogP contribution in [0.1, 0.15) is 41.7 Å². The van der Waals surface area contributed by atoms with Crippen molar-refractivity contribution < 1.29 is 9.53 Å². The summed E-state index contributed by atoms with van der Waals surface area (Å²) in [6.45, 7) is 3.34. The lowest BCUT2D eigenvalue weighted by atomic mass is 10.1. The normalized spacial score (nSPS) is 17.5. The topological polar surface area (TPSA) is 42.4 Å². The molecule has 4 nitrogen and oxygen atoms in total. The summed E-state index contributed by atoms with van der Waals surface area (Å²) in [6.07, 6.45) is 3.83. The lowest BCUT2D eigenvalue weighted by Gasteiger charge is -2.25. The van der Waals surface area contributed by atoms with Gasteiger partial charge in [0.1, 0.15) is 0 Å². The van der Waals surface area contributed by atoms with E-state index < -0.39 is 0 Å². The smallest absolute Gasteiger partial charge is 0.254 e. The maximum atomic E-state index is 12.7. The largest absolute Gasteiger partial charge is 0.478 e. The lowest BCUT2D eigenvalue weighted by molar-refractivity contribution is 0.0735. The molecule has 1 atom stereocenters. The number of aromatic nitrogens is 1. The van der Waals surface area contributed by atoms with Gasteiger partial charge in [-0.25, -0.2) is 4.98 Å². The van der Waals surface area contributed by atoms with Gasteiger partial charge in [-0.2, -0.15) is 0 Å². The zero-order chi connectivity index (χ0) is 15.4. The Morgan fingerprint density at radius 1 is 1.27 bits per heavy atom. The van der Waals surface area contributed by atoms with E-state index in [4.69, 9.17) is 4.74 Å². The predicted molar refractivity (Wildman–Crippen MR) is 84.9 cm³/mol. The Labute approximate surface area is 130 Å². The van der Waals surface area contributed by atoms with Crippen molar-refractivity contribution in [2.45, 2.75) is 25.8 Å². The molecule has 2 aromatic rings. The van der Waals surface area contributed by atoms with E-state index in [1.54, 1.807) is 0 Å². The maximum Gasteiger partial charge on any atom is 0.254 e. The Morgan fingerprint density at radius 2 is 2.09 bits per heavy atom. The summed E-state index contributed by atoms with van der Waals surface area (Å²) < 4.78 is 5.38. The summed E-state index contributed by atoms with van der Waals surface area (Å²) in [5, 5.41) is 0. The number of hydrogen-bond acceptors (Lipinski definition) is 3. The van der Waals surface area contributed by atoms with E-state index in [9.17, 15) is 4.79 Å². The Hall–Kier alpha value is -2.36. The fraction of sp³-hybridized carbons (Fsp3) is 0.333. The van der Waals surface area contributed by atoms with Gasteiger partial charge in [-0.1, -0.05) is 24.3 Å². The molecule has 0 spiro atoms. The highest BCUT2D eigenvalue weighted by molar-refractivity contribution is 5.94. The molecule has 0 radical (unpaired) electrons. The highest BCUT2D eigenvalue weighted by atomic mass is 16.5. The van der Waals surface area contributed by atoms with Crippen LogP contribution in [-0.4, -0.2) is 28.9 Å². The van der Waals surface area contributed by atoms with Crippen LogP contribution < -0.4 is 4.74 Å². The molecule has 2 heterocycles. The molecule has 22 heavy (non-hydrogen) atoms. The van der Waals surface area contributed by atoms with Gasteiger partial charge < -0.3 is 9.64 Å². The number of carbonyl (C=O) groups is 1. The van der Waals surface area contributed by atoms with Gasteiger partial charge in [0.15, 0.2) is 0 Å². The third-order valence-electron chi connectivity index (χ3n) is 3.97. The maximum absolute atomic E-state index is 12.7. The molecule has 1 aliphatic rings. The van der Waals surface area contributed by atoms with Crippen molar-refractivity contribution in [3.63, 3.8) is 0 Å². The van der Waals surface area contributed by atoms with E-state index in [0.717, 1.165) is 30.5 Å². The fourth-order valence-electron chi connectivity index (χ4n) is 2.93. The molecular weight excluding hydrogens is 276 g/mol. The molecule has 1 aromatic carbocycles. The second-order valence-corrected chi connectivity index (χ2v) is 5.39. The van der Waals surface area contributed by atoms with Crippen molar-refractivity contribution >= 4 is 5.91 Å². The van der Waals surface area contributed by atoms with E-state index in [0.29, 0.717) is 12.5 Å². The van der Waals surface area contributed by atoms with Crippen molar-refractivity contribution in [3.8, 4) is 5.88 Å². The first kappa shape index (κ1) is 14.6. The third kappa shape index (κ3) is 2.96. The van der Waals surface area contributed by atoms with Crippen molar-refractivity contribution in [2.75, 3.05) is 13.2 Å². The van der Waals surface area contributed by atoms with Crippen LogP contribution in [0.25, 0.3) is 0 Å². The molecule has 1 amide bonds. The van der Waals surface area contributed by atoms with Crippen molar-refractivity contribution in [1.82, 2.24) is 9.88 Å². The molecule has 3 rings (SSSR count). The van der Waals surface area contributed by atoms with E-state index >= 15 is 0 Å². The van der Waals surface area contributed by atoms with Crippen molar-refractivity contribution in [3.05, 3.63) is 59.8 Å². The average molecular weight is 296 g/mol. The van der Waals surface area contributed by atoms with E-state index in [1.165, 1.54) is 0 Å². The summed E-state index contributed by atoms with van der Waals surface area (Å²) >= 11 is 0. The summed E-state index contributed by atoms with van der Waals surface area (Å²) in [5.74, 6) is 0.724. The van der Waals surface area contributed by atoms with Crippen LogP contribution in [0.4, 0.5) is 0 Å². The summed E-state index contributed by atoms with van der Waals surface area (Å²) in [4.78, 5) is 19.0. The van der Waals surface area contributed by atoms with Crippen LogP contribution in [0.5, 0.6) is 5.88 Å². The first-order valence-corrected chi connectivity index (χ1v) is 7.74. The van der Waals surface area contributed by atoms with Gasteiger partial charge in [0.2, 0.25) is 5.88 Å². The predicted octanol–water partition coefficient (Wildman–Crippen LogP) is 3.46. The first-order chi connectivity index (χ1) is 10.8. The second-order valence-electron chi connectivity index (χ2n) is 5.39. The summed E-state index contributed by atoms with van der Waals surface area (Å²) in [6, 6.07) is 13.5. The van der Waals surface area contributed by atoms with Crippen LogP contribution in [0, 0.1) is 0 Å². The van der Waals surface area contributed by atoms with Gasteiger partial charge in [0, 0.05) is 24.4 Å². The number of rotatable bonds is 4. The van der Waals surface area contributed by atoms with Crippen LogP contribution >= 0.6 is 0 Å². The minimum absolute atomic E-state index is 0.0944. The third-order valence-corrected chi connectivity index (χ3v) is 3.97. The number of pyridine rings is 1. The molecule has 0 aliphatic carbocycles. The zero-order valence-corrected chi connectivity index (χ0v) is 12.7. The Morgan fingerprint density at radius 3 is 2.77 bits per heavy atom. The van der Waals surface area contributed by atoms with Gasteiger partial charge in [-0.15, -0.1) is 0 Å². The molecule has 1 fully saturated rings. The first-order valence-electron chi connectivity index (χ1n) is 7.74. The highest BCUT2D eigenvalue weighted by Crippen LogP contribution is 2.33. The van der Waals surface area contributed by atoms with E-state index in [-0.39, 0.29) is 11.9 Å². The molecule has 0 saturated carbocycles. The quantitative estimate of drug-likeness (QED) is 0.867. The Bertz CT molecular complexity index is 625. The SMILES string of the molecule is CCOc1ccc([C@H]2CCCN2C(=O)c2ccccc2)cn1. The highest BCUT2D eigenvalue weighted by Gasteiger charge is 2.30. The Balaban J connectivity index is 1.79. The van der Waals surface area contributed by atoms with Crippen LogP contribution in [-0.2, 0) is 0 Å². The molecule has 4 heteroatoms. The second kappa shape index (κ2) is 6.60. The van der Waals surface area contributed by atoms with E-state index in [2.05, 4.69) is 4.98 Å². The average Bonchev–Trinajstić information content (AvgIpc) is 3.05. The Kier molecular flexibility index (Phi) is 4.37. The molecule has 0 unspecified atom stereocenters. The molecule has 1 aliphatic heterocycles. The van der Waals surface area contributed by atoms with Crippen molar-refractivity contribution in [1.29, 1.82) is 0 Å². The molecular formula is C18H20N2O2. The molecule has 1 aromatic heterocycles. The van der Waals surface area contributed by atoms with Crippen LogP contribution in [0.3, 0.4) is 0 Å². The number of benzene rings is 1. The van der Waals surface area contributed by atoms with Crippen LogP contribution in [0.2, 0.25) is 0 Å².